The van der Waals surface area contributed by atoms with Crippen LogP contribution in [-0.4, -0.2) is 45.3 Å². The lowest BCUT2D eigenvalue weighted by molar-refractivity contribution is -0.255. The predicted octanol–water partition coefficient (Wildman–Crippen LogP) is 1.46. The van der Waals surface area contributed by atoms with E-state index < -0.39 is 6.41 Å². The Balaban J connectivity index is 1.83. The summed E-state index contributed by atoms with van der Waals surface area (Å²) in [5, 5.41) is 17.2. The Morgan fingerprint density at radius 1 is 1.56 bits per heavy atom. The van der Waals surface area contributed by atoms with Crippen molar-refractivity contribution in [3.63, 3.8) is 0 Å². The van der Waals surface area contributed by atoms with E-state index in [-0.39, 0.29) is 5.60 Å². The molecule has 0 bridgehead atoms. The molecule has 18 heavy (non-hydrogen) atoms. The predicted molar refractivity (Wildman–Crippen MR) is 69.1 cm³/mol. The van der Waals surface area contributed by atoms with Gasteiger partial charge in [0.2, 0.25) is 6.41 Å². The van der Waals surface area contributed by atoms with E-state index in [4.69, 9.17) is 4.74 Å². The second-order valence-electron chi connectivity index (χ2n) is 5.88. The van der Waals surface area contributed by atoms with Gasteiger partial charge in [0.15, 0.2) is 0 Å². The molecule has 1 aliphatic heterocycles. The second-order valence-corrected chi connectivity index (χ2v) is 5.88. The minimum absolute atomic E-state index is 0.327. The summed E-state index contributed by atoms with van der Waals surface area (Å²) < 4.78 is 5.51. The van der Waals surface area contributed by atoms with E-state index in [9.17, 15) is 5.11 Å². The molecule has 5 nitrogen and oxygen atoms in total. The van der Waals surface area contributed by atoms with Gasteiger partial charge in [0.1, 0.15) is 0 Å². The molecule has 5 heteroatoms. The number of H-pyrrole nitrogens is 1. The van der Waals surface area contributed by atoms with Crippen LogP contribution in [-0.2, 0) is 11.2 Å². The Morgan fingerprint density at radius 3 is 2.72 bits per heavy atom. The summed E-state index contributed by atoms with van der Waals surface area (Å²) >= 11 is 0. The molecule has 1 atom stereocenters. The molecule has 1 aliphatic rings. The number of nitrogens with zero attached hydrogens (tertiary/aromatic N) is 2. The van der Waals surface area contributed by atoms with Gasteiger partial charge in [0, 0.05) is 24.7 Å². The first kappa shape index (κ1) is 13.5. The number of aromatic amines is 1. The molecule has 0 radical (unpaired) electrons. The summed E-state index contributed by atoms with van der Waals surface area (Å²) in [4.78, 5) is 1.91. The number of rotatable bonds is 4. The van der Waals surface area contributed by atoms with Gasteiger partial charge in [-0.05, 0) is 33.3 Å². The number of aromatic nitrogens is 2. The van der Waals surface area contributed by atoms with E-state index in [0.717, 1.165) is 30.9 Å². The number of aryl methyl sites for hydroxylation is 1. The molecule has 1 aromatic heterocycles. The first-order chi connectivity index (χ1) is 8.39. The van der Waals surface area contributed by atoms with Gasteiger partial charge >= 0.3 is 0 Å². The third-order valence-electron chi connectivity index (χ3n) is 3.13. The summed E-state index contributed by atoms with van der Waals surface area (Å²) in [6.07, 6.45) is 0.157. The fourth-order valence-electron chi connectivity index (χ4n) is 2.04. The first-order valence-corrected chi connectivity index (χ1v) is 6.53. The normalized spacial score (nSPS) is 19.8. The number of nitrogens with one attached hydrogen (secondary N) is 1. The van der Waals surface area contributed by atoms with Gasteiger partial charge in [0.25, 0.3) is 0 Å². The summed E-state index contributed by atoms with van der Waals surface area (Å²) in [6, 6.07) is 2.11. The molecule has 1 fully saturated rings. The van der Waals surface area contributed by atoms with Gasteiger partial charge < -0.3 is 9.84 Å². The second kappa shape index (κ2) is 4.99. The van der Waals surface area contributed by atoms with Crippen LogP contribution in [0.15, 0.2) is 6.07 Å². The van der Waals surface area contributed by atoms with Crippen molar-refractivity contribution in [3.05, 3.63) is 17.5 Å². The monoisotopic (exact) mass is 253 g/mol. The summed E-state index contributed by atoms with van der Waals surface area (Å²) in [5.41, 5.74) is 1.92. The maximum atomic E-state index is 9.90. The molecule has 0 saturated carbocycles. The van der Waals surface area contributed by atoms with Crippen LogP contribution in [0.1, 0.15) is 45.0 Å². The van der Waals surface area contributed by atoms with E-state index >= 15 is 0 Å². The van der Waals surface area contributed by atoms with Crippen molar-refractivity contribution < 1.29 is 9.84 Å². The van der Waals surface area contributed by atoms with E-state index in [0.29, 0.717) is 5.92 Å². The highest BCUT2D eigenvalue weighted by atomic mass is 16.6. The average molecular weight is 253 g/mol. The zero-order valence-electron chi connectivity index (χ0n) is 11.6. The van der Waals surface area contributed by atoms with E-state index in [1.807, 2.05) is 25.7 Å². The van der Waals surface area contributed by atoms with Crippen LogP contribution in [0.25, 0.3) is 0 Å². The zero-order chi connectivity index (χ0) is 13.3. The van der Waals surface area contributed by atoms with Crippen LogP contribution in [0.3, 0.4) is 0 Å². The van der Waals surface area contributed by atoms with Crippen LogP contribution >= 0.6 is 0 Å². The van der Waals surface area contributed by atoms with Crippen LogP contribution in [0.4, 0.5) is 0 Å². The third-order valence-corrected chi connectivity index (χ3v) is 3.13. The fourth-order valence-corrected chi connectivity index (χ4v) is 2.04. The quantitative estimate of drug-likeness (QED) is 0.798. The third kappa shape index (κ3) is 3.10. The lowest BCUT2D eigenvalue weighted by Gasteiger charge is -2.42. The molecule has 0 spiro atoms. The van der Waals surface area contributed by atoms with Crippen molar-refractivity contribution in [2.75, 3.05) is 13.1 Å². The Bertz CT molecular complexity index is 391. The van der Waals surface area contributed by atoms with Gasteiger partial charge in [-0.2, -0.15) is 5.10 Å². The number of ether oxygens (including phenoxy) is 1. The number of likely N-dealkylation sites (tertiary alicyclic amines) is 1. The van der Waals surface area contributed by atoms with Gasteiger partial charge in [0.05, 0.1) is 11.3 Å². The highest BCUT2D eigenvalue weighted by Crippen LogP contribution is 2.28. The highest BCUT2D eigenvalue weighted by molar-refractivity contribution is 5.16. The number of aliphatic hydroxyl groups excluding tert-OH is 1. The molecule has 0 amide bonds. The molecule has 2 rings (SSSR count). The lowest BCUT2D eigenvalue weighted by Crippen LogP contribution is -2.53. The maximum absolute atomic E-state index is 9.90. The van der Waals surface area contributed by atoms with Gasteiger partial charge in [-0.25, -0.2) is 0 Å². The van der Waals surface area contributed by atoms with Crippen molar-refractivity contribution in [1.82, 2.24) is 15.1 Å². The number of hydrogen-bond donors (Lipinski definition) is 2. The lowest BCUT2D eigenvalue weighted by atomic mass is 9.96. The van der Waals surface area contributed by atoms with Crippen LogP contribution in [0, 0.1) is 0 Å². The average Bonchev–Trinajstić information content (AvgIpc) is 2.60. The molecule has 1 aromatic rings. The largest absolute Gasteiger partial charge is 0.356 e. The van der Waals surface area contributed by atoms with Gasteiger partial charge in [-0.1, -0.05) is 6.92 Å². The summed E-state index contributed by atoms with van der Waals surface area (Å²) in [6.45, 7) is 9.51. The molecule has 2 heterocycles. The molecule has 2 N–H and O–H groups in total. The summed E-state index contributed by atoms with van der Waals surface area (Å²) in [5.74, 6) is 0.403. The topological polar surface area (TPSA) is 61.4 Å². The smallest absolute Gasteiger partial charge is 0.216 e. The van der Waals surface area contributed by atoms with Gasteiger partial charge in [-0.3, -0.25) is 10.00 Å². The van der Waals surface area contributed by atoms with Crippen molar-refractivity contribution in [2.24, 2.45) is 0 Å². The number of hydrogen-bond acceptors (Lipinski definition) is 4. The Hall–Kier alpha value is -0.910. The SMILES string of the molecule is CCc1cc(C2CN(C(O)OC(C)(C)C)C2)n[nH]1. The molecule has 1 unspecified atom stereocenters. The Kier molecular flexibility index (Phi) is 3.75. The molecule has 102 valence electrons. The zero-order valence-corrected chi connectivity index (χ0v) is 11.6. The standard InChI is InChI=1S/C13H23N3O2/c1-5-10-6-11(15-14-10)9-7-16(8-9)12(17)18-13(2,3)4/h6,9,12,17H,5,7-8H2,1-4H3,(H,14,15). The Morgan fingerprint density at radius 2 is 2.22 bits per heavy atom. The first-order valence-electron chi connectivity index (χ1n) is 6.53. The molecular formula is C13H23N3O2. The van der Waals surface area contributed by atoms with Crippen molar-refractivity contribution in [1.29, 1.82) is 0 Å². The molecule has 0 aliphatic carbocycles. The number of aliphatic hydroxyl groups is 1. The van der Waals surface area contributed by atoms with Crippen molar-refractivity contribution >= 4 is 0 Å². The van der Waals surface area contributed by atoms with Crippen LogP contribution in [0.5, 0.6) is 0 Å². The molecule has 1 saturated heterocycles. The maximum Gasteiger partial charge on any atom is 0.216 e. The molecule has 0 aromatic carbocycles. The van der Waals surface area contributed by atoms with Crippen molar-refractivity contribution in [3.8, 4) is 0 Å². The van der Waals surface area contributed by atoms with E-state index in [1.54, 1.807) is 0 Å². The minimum Gasteiger partial charge on any atom is -0.356 e. The molecular weight excluding hydrogens is 230 g/mol. The Labute approximate surface area is 108 Å². The van der Waals surface area contributed by atoms with E-state index in [2.05, 4.69) is 23.2 Å². The van der Waals surface area contributed by atoms with E-state index in [1.165, 1.54) is 0 Å². The summed E-state index contributed by atoms with van der Waals surface area (Å²) in [7, 11) is 0. The van der Waals surface area contributed by atoms with Crippen LogP contribution < -0.4 is 0 Å². The fraction of sp³-hybridized carbons (Fsp3) is 0.769. The van der Waals surface area contributed by atoms with Gasteiger partial charge in [-0.15, -0.1) is 0 Å². The minimum atomic E-state index is -0.814. The highest BCUT2D eigenvalue weighted by Gasteiger charge is 2.35. The van der Waals surface area contributed by atoms with Crippen molar-refractivity contribution in [2.45, 2.75) is 52.0 Å². The van der Waals surface area contributed by atoms with Crippen LogP contribution in [0.2, 0.25) is 0 Å².